The van der Waals surface area contributed by atoms with Crippen molar-refractivity contribution >= 4 is 26.5 Å². The number of hydrogen-bond donors (Lipinski definition) is 1. The largest absolute Gasteiger partial charge is 0.438 e. The Balaban J connectivity index is 0.989. The van der Waals surface area contributed by atoms with Crippen molar-refractivity contribution in [1.29, 1.82) is 0 Å². The zero-order valence-electron chi connectivity index (χ0n) is 38.6. The summed E-state index contributed by atoms with van der Waals surface area (Å²) in [5.41, 5.74) is 3.38. The number of carbonyl (C=O) groups is 1. The van der Waals surface area contributed by atoms with Crippen LogP contribution in [0, 0.1) is 31.4 Å². The number of ether oxygens (including phenoxy) is 1. The summed E-state index contributed by atoms with van der Waals surface area (Å²) in [5, 5.41) is 10.0. The molecule has 0 radical (unpaired) electrons. The normalized spacial score (nSPS) is 25.1. The number of fused-ring (bicyclic) bond motifs is 3. The maximum atomic E-state index is 16.5. The van der Waals surface area contributed by atoms with Crippen molar-refractivity contribution in [2.45, 2.75) is 120 Å². The Bertz CT molecular complexity index is 3540. The van der Waals surface area contributed by atoms with E-state index in [1.807, 2.05) is 17.6 Å². The van der Waals surface area contributed by atoms with Crippen LogP contribution < -0.4 is 11.4 Å². The van der Waals surface area contributed by atoms with Gasteiger partial charge in [0.1, 0.15) is 22.9 Å². The molecular weight excluding hydrogens is 893 g/mol. The standard InChI is InChI=1S/C50H51F2N9O6S/c1-26-19-33(20-27(2)42(26)51)61-44(59-17-16-58(48(59)64)38-11-12-40-35(43(38)52)25-53-68(40,65)34-8-9-34)41-29(4)57(15-13-36(41)55-61)45(62)39-22-32-21-30(31-14-18-66-49(5,6)24-31)7-10-37(32)60(39)50(23-28(50)3)46-54-47(63)67-56-46/h7,10-12,16-17,19-22,28-29,31,34H,8-9,13-15,18,23-25H2,1-6H3,(H,54,56,63)/t28-,29-,31-,50-,68-/m0/s1. The molecule has 5 aliphatic rings. The number of amides is 1. The molecule has 352 valence electrons. The molecular formula is C50H51F2N9O6S. The third kappa shape index (κ3) is 6.27. The van der Waals surface area contributed by atoms with Crippen LogP contribution in [-0.4, -0.2) is 72.6 Å². The van der Waals surface area contributed by atoms with E-state index in [0.717, 1.165) is 42.1 Å². The summed E-state index contributed by atoms with van der Waals surface area (Å²) in [5.74, 6) is -1.06. The molecule has 1 saturated heterocycles. The molecule has 4 aromatic heterocycles. The van der Waals surface area contributed by atoms with Gasteiger partial charge in [0, 0.05) is 59.2 Å². The van der Waals surface area contributed by atoms with Gasteiger partial charge < -0.3 is 14.2 Å². The molecule has 12 rings (SSSR count). The molecule has 2 aliphatic carbocycles. The molecule has 68 heavy (non-hydrogen) atoms. The molecule has 7 aromatic rings. The summed E-state index contributed by atoms with van der Waals surface area (Å²) in [6, 6.07) is 14.1. The van der Waals surface area contributed by atoms with Crippen molar-refractivity contribution in [3.8, 4) is 17.2 Å². The van der Waals surface area contributed by atoms with Crippen molar-refractivity contribution in [2.24, 2.45) is 10.3 Å². The summed E-state index contributed by atoms with van der Waals surface area (Å²) in [7, 11) is -2.72. The van der Waals surface area contributed by atoms with Gasteiger partial charge in [0.05, 0.1) is 49.9 Å². The van der Waals surface area contributed by atoms with Crippen molar-refractivity contribution in [2.75, 3.05) is 13.2 Å². The summed E-state index contributed by atoms with van der Waals surface area (Å²) in [4.78, 5) is 47.9. The molecule has 1 N–H and O–H groups in total. The quantitative estimate of drug-likeness (QED) is 0.160. The maximum Gasteiger partial charge on any atom is 0.438 e. The fourth-order valence-electron chi connectivity index (χ4n) is 11.5. The van der Waals surface area contributed by atoms with E-state index in [4.69, 9.17) is 14.4 Å². The number of aromatic amines is 1. The smallest absolute Gasteiger partial charge is 0.376 e. The predicted octanol–water partition coefficient (Wildman–Crippen LogP) is 8.06. The monoisotopic (exact) mass is 943 g/mol. The van der Waals surface area contributed by atoms with E-state index in [0.29, 0.717) is 69.8 Å². The highest BCUT2D eigenvalue weighted by Gasteiger charge is 2.59. The lowest BCUT2D eigenvalue weighted by molar-refractivity contribution is -0.0592. The summed E-state index contributed by atoms with van der Waals surface area (Å²) in [6.45, 7) is 12.4. The Hall–Kier alpha value is -6.40. The molecule has 1 amide bonds. The van der Waals surface area contributed by atoms with Crippen molar-refractivity contribution in [3.05, 3.63) is 139 Å². The van der Waals surface area contributed by atoms with Crippen LogP contribution >= 0.6 is 0 Å². The first-order chi connectivity index (χ1) is 32.5. The first kappa shape index (κ1) is 42.9. The third-order valence-corrected chi connectivity index (χ3v) is 18.2. The van der Waals surface area contributed by atoms with E-state index in [1.54, 1.807) is 47.8 Å². The van der Waals surface area contributed by atoms with Crippen LogP contribution in [-0.2, 0) is 33.0 Å². The number of hydrogen-bond acceptors (Lipinski definition) is 9. The molecule has 15 nitrogen and oxygen atoms in total. The number of benzene rings is 3. The first-order valence-electron chi connectivity index (χ1n) is 23.4. The van der Waals surface area contributed by atoms with Gasteiger partial charge in [-0.1, -0.05) is 18.1 Å². The zero-order valence-corrected chi connectivity index (χ0v) is 39.5. The number of nitrogens with zero attached hydrogens (tertiary/aromatic N) is 8. The SMILES string of the molecule is Cc1cc(-n2nc3c(c2-n2ccn(-c4ccc5c(c4F)CN=[S@]5(=O)C4CC4)c2=O)[C@H](C)N(C(=O)c2cc4cc([C@H]5CCOC(C)(C)C5)ccc4n2[C@@]2(c4noc(=O)[nH]4)C[C@@H]2C)CC3)cc(C)c1F. The Morgan fingerprint density at radius 2 is 1.69 bits per heavy atom. The number of aromatic nitrogens is 7. The number of halogens is 2. The highest BCUT2D eigenvalue weighted by atomic mass is 32.2. The number of imidazole rings is 1. The minimum atomic E-state index is -2.72. The highest BCUT2D eigenvalue weighted by Crippen LogP contribution is 2.56. The molecule has 2 saturated carbocycles. The van der Waals surface area contributed by atoms with Gasteiger partial charge in [-0.2, -0.15) is 5.10 Å². The van der Waals surface area contributed by atoms with Crippen LogP contribution in [0.4, 0.5) is 8.78 Å². The lowest BCUT2D eigenvalue weighted by atomic mass is 9.83. The molecule has 0 unspecified atom stereocenters. The van der Waals surface area contributed by atoms with Crippen LogP contribution in [0.5, 0.6) is 0 Å². The van der Waals surface area contributed by atoms with Gasteiger partial charge in [-0.3, -0.25) is 23.4 Å². The molecule has 3 fully saturated rings. The van der Waals surface area contributed by atoms with Gasteiger partial charge in [-0.15, -0.1) is 0 Å². The van der Waals surface area contributed by atoms with Gasteiger partial charge in [0.15, 0.2) is 11.6 Å². The summed E-state index contributed by atoms with van der Waals surface area (Å²) in [6.07, 6.45) is 7.24. The van der Waals surface area contributed by atoms with Crippen molar-refractivity contribution in [3.63, 3.8) is 0 Å². The second-order valence-corrected chi connectivity index (χ2v) is 22.6. The van der Waals surface area contributed by atoms with Gasteiger partial charge in [0.25, 0.3) is 5.91 Å². The van der Waals surface area contributed by atoms with E-state index in [1.165, 1.54) is 21.4 Å². The van der Waals surface area contributed by atoms with Gasteiger partial charge >= 0.3 is 11.4 Å². The predicted molar refractivity (Wildman–Crippen MR) is 249 cm³/mol. The van der Waals surface area contributed by atoms with Crippen LogP contribution in [0.2, 0.25) is 0 Å². The van der Waals surface area contributed by atoms with Crippen LogP contribution in [0.1, 0.15) is 122 Å². The van der Waals surface area contributed by atoms with E-state index in [9.17, 15) is 13.8 Å². The van der Waals surface area contributed by atoms with Crippen LogP contribution in [0.3, 0.4) is 0 Å². The third-order valence-electron chi connectivity index (χ3n) is 15.3. The van der Waals surface area contributed by atoms with Gasteiger partial charge in [0.2, 0.25) is 0 Å². The Kier molecular flexibility index (Phi) is 9.34. The molecule has 0 bridgehead atoms. The second kappa shape index (κ2) is 14.8. The molecule has 3 aromatic carbocycles. The lowest BCUT2D eigenvalue weighted by Crippen LogP contribution is -2.41. The fourth-order valence-corrected chi connectivity index (χ4v) is 14.1. The fraction of sp³-hybridized carbons (Fsp3) is 0.420. The lowest BCUT2D eigenvalue weighted by Gasteiger charge is -2.35. The van der Waals surface area contributed by atoms with Crippen LogP contribution in [0.15, 0.2) is 84.3 Å². The van der Waals surface area contributed by atoms with Crippen molar-refractivity contribution in [1.82, 2.24) is 38.5 Å². The summed E-state index contributed by atoms with van der Waals surface area (Å²) < 4.78 is 67.2. The minimum absolute atomic E-state index is 0.00591. The second-order valence-electron chi connectivity index (χ2n) is 20.1. The van der Waals surface area contributed by atoms with Gasteiger partial charge in [-0.25, -0.2) is 31.6 Å². The number of H-pyrrole nitrogens is 1. The zero-order chi connectivity index (χ0) is 47.3. The number of aryl methyl sites for hydroxylation is 2. The maximum absolute atomic E-state index is 16.5. The number of rotatable bonds is 8. The van der Waals surface area contributed by atoms with Gasteiger partial charge in [-0.05, 0) is 138 Å². The molecule has 3 aliphatic heterocycles. The highest BCUT2D eigenvalue weighted by molar-refractivity contribution is 7.94. The Morgan fingerprint density at radius 3 is 2.38 bits per heavy atom. The first-order valence-corrected chi connectivity index (χ1v) is 25.0. The number of carbonyl (C=O) groups excluding carboxylic acids is 1. The molecule has 7 heterocycles. The van der Waals surface area contributed by atoms with Crippen LogP contribution in [0.25, 0.3) is 28.1 Å². The Morgan fingerprint density at radius 1 is 0.941 bits per heavy atom. The van der Waals surface area contributed by atoms with Crippen molar-refractivity contribution < 1.29 is 27.0 Å². The molecule has 5 atom stereocenters. The topological polar surface area (TPSA) is 168 Å². The average Bonchev–Trinajstić information content (AvgIpc) is 3.93. The molecule has 18 heteroatoms. The molecule has 0 spiro atoms. The average molecular weight is 944 g/mol. The number of nitrogens with one attached hydrogen (secondary N) is 1. The minimum Gasteiger partial charge on any atom is -0.376 e. The van der Waals surface area contributed by atoms with E-state index in [-0.39, 0.29) is 58.8 Å². The van der Waals surface area contributed by atoms with E-state index >= 15 is 13.6 Å². The Labute approximate surface area is 389 Å². The van der Waals surface area contributed by atoms with E-state index < -0.39 is 38.6 Å². The summed E-state index contributed by atoms with van der Waals surface area (Å²) >= 11 is 0. The van der Waals surface area contributed by atoms with E-state index in [2.05, 4.69) is 53.5 Å².